The fourth-order valence-corrected chi connectivity index (χ4v) is 1.18. The fraction of sp³-hybridized carbons (Fsp3) is 0.900. The highest BCUT2D eigenvalue weighted by molar-refractivity contribution is 5.59. The van der Waals surface area contributed by atoms with Gasteiger partial charge in [0.2, 0.25) is 0 Å². The van der Waals surface area contributed by atoms with E-state index in [4.69, 9.17) is 20.2 Å². The first-order valence-corrected chi connectivity index (χ1v) is 5.27. The molecule has 0 aliphatic rings. The Kier molecular flexibility index (Phi) is 7.05. The second kappa shape index (κ2) is 7.44. The molecule has 102 valence electrons. The molecule has 0 aromatic carbocycles. The summed E-state index contributed by atoms with van der Waals surface area (Å²) in [5.41, 5.74) is -0.860. The minimum atomic E-state index is -1.16. The molecule has 0 bridgehead atoms. The number of rotatable bonds is 7. The molecule has 0 saturated carbocycles. The van der Waals surface area contributed by atoms with Crippen molar-refractivity contribution >= 4 is 6.16 Å². The summed E-state index contributed by atoms with van der Waals surface area (Å²) >= 11 is 0. The van der Waals surface area contributed by atoms with E-state index in [9.17, 15) is 4.79 Å². The van der Waals surface area contributed by atoms with Crippen molar-refractivity contribution in [3.8, 4) is 0 Å². The van der Waals surface area contributed by atoms with Gasteiger partial charge in [0.1, 0.15) is 5.60 Å². The van der Waals surface area contributed by atoms with E-state index in [2.05, 4.69) is 9.62 Å². The van der Waals surface area contributed by atoms with Crippen molar-refractivity contribution in [3.05, 3.63) is 0 Å². The van der Waals surface area contributed by atoms with Crippen LogP contribution in [0.5, 0.6) is 0 Å². The number of carbonyl (C=O) groups is 1. The average molecular weight is 252 g/mol. The SMILES string of the molecule is CC(O)CC(C)(C)OOC(=O)OC(CO)CO. The molecule has 17 heavy (non-hydrogen) atoms. The topological polar surface area (TPSA) is 105 Å². The van der Waals surface area contributed by atoms with Crippen LogP contribution < -0.4 is 0 Å². The van der Waals surface area contributed by atoms with Gasteiger partial charge in [-0.15, -0.1) is 0 Å². The van der Waals surface area contributed by atoms with Crippen molar-refractivity contribution in [2.75, 3.05) is 13.2 Å². The highest BCUT2D eigenvalue weighted by atomic mass is 17.2. The number of aliphatic hydroxyl groups excluding tert-OH is 3. The first-order valence-electron chi connectivity index (χ1n) is 5.27. The summed E-state index contributed by atoms with van der Waals surface area (Å²) in [5.74, 6) is 0. The van der Waals surface area contributed by atoms with Crippen LogP contribution in [0.25, 0.3) is 0 Å². The van der Waals surface area contributed by atoms with Gasteiger partial charge in [-0.25, -0.2) is 4.79 Å². The van der Waals surface area contributed by atoms with Crippen molar-refractivity contribution in [1.82, 2.24) is 0 Å². The Morgan fingerprint density at radius 2 is 1.82 bits per heavy atom. The lowest BCUT2D eigenvalue weighted by molar-refractivity contribution is -0.323. The monoisotopic (exact) mass is 252 g/mol. The summed E-state index contributed by atoms with van der Waals surface area (Å²) in [6.07, 6.45) is -2.53. The van der Waals surface area contributed by atoms with Gasteiger partial charge in [0.15, 0.2) is 6.10 Å². The number of carbonyl (C=O) groups excluding carboxylic acids is 1. The molecule has 0 aliphatic heterocycles. The maximum absolute atomic E-state index is 11.0. The molecule has 0 heterocycles. The Labute approximate surface area is 99.8 Å². The summed E-state index contributed by atoms with van der Waals surface area (Å²) in [6, 6.07) is 0. The van der Waals surface area contributed by atoms with Crippen LogP contribution in [0, 0.1) is 0 Å². The number of ether oxygens (including phenoxy) is 1. The van der Waals surface area contributed by atoms with Gasteiger partial charge in [-0.2, -0.15) is 4.89 Å². The average Bonchev–Trinajstić information content (AvgIpc) is 2.21. The van der Waals surface area contributed by atoms with Crippen molar-refractivity contribution in [2.45, 2.75) is 45.0 Å². The quantitative estimate of drug-likeness (QED) is 0.332. The van der Waals surface area contributed by atoms with Gasteiger partial charge in [-0.1, -0.05) is 0 Å². The normalized spacial score (nSPS) is 13.6. The number of aliphatic hydroxyl groups is 3. The van der Waals surface area contributed by atoms with Crippen molar-refractivity contribution in [3.63, 3.8) is 0 Å². The second-order valence-corrected chi connectivity index (χ2v) is 4.33. The third-order valence-corrected chi connectivity index (χ3v) is 1.79. The van der Waals surface area contributed by atoms with Crippen LogP contribution in [-0.4, -0.2) is 52.5 Å². The van der Waals surface area contributed by atoms with Crippen LogP contribution in [0.2, 0.25) is 0 Å². The van der Waals surface area contributed by atoms with Crippen molar-refractivity contribution in [2.24, 2.45) is 0 Å². The van der Waals surface area contributed by atoms with Gasteiger partial charge in [0.25, 0.3) is 0 Å². The summed E-state index contributed by atoms with van der Waals surface area (Å²) < 4.78 is 4.50. The first-order chi connectivity index (χ1) is 7.80. The zero-order valence-corrected chi connectivity index (χ0v) is 10.3. The van der Waals surface area contributed by atoms with Gasteiger partial charge in [-0.05, 0) is 20.8 Å². The molecule has 0 rings (SSSR count). The van der Waals surface area contributed by atoms with Crippen LogP contribution in [0.4, 0.5) is 4.79 Å². The van der Waals surface area contributed by atoms with Gasteiger partial charge in [-0.3, -0.25) is 4.89 Å². The Balaban J connectivity index is 3.98. The second-order valence-electron chi connectivity index (χ2n) is 4.33. The summed E-state index contributed by atoms with van der Waals surface area (Å²) in [4.78, 5) is 20.2. The van der Waals surface area contributed by atoms with E-state index in [1.165, 1.54) is 0 Å². The van der Waals surface area contributed by atoms with E-state index < -0.39 is 37.2 Å². The third-order valence-electron chi connectivity index (χ3n) is 1.79. The van der Waals surface area contributed by atoms with E-state index in [-0.39, 0.29) is 6.42 Å². The van der Waals surface area contributed by atoms with Crippen LogP contribution in [0.15, 0.2) is 0 Å². The smallest absolute Gasteiger partial charge is 0.424 e. The zero-order valence-electron chi connectivity index (χ0n) is 10.3. The van der Waals surface area contributed by atoms with Crippen LogP contribution in [-0.2, 0) is 14.5 Å². The van der Waals surface area contributed by atoms with Gasteiger partial charge in [0, 0.05) is 6.42 Å². The van der Waals surface area contributed by atoms with Crippen molar-refractivity contribution < 1.29 is 34.6 Å². The zero-order chi connectivity index (χ0) is 13.5. The Morgan fingerprint density at radius 1 is 1.29 bits per heavy atom. The van der Waals surface area contributed by atoms with E-state index in [1.54, 1.807) is 20.8 Å². The molecule has 0 aromatic rings. The van der Waals surface area contributed by atoms with E-state index in [0.29, 0.717) is 0 Å². The van der Waals surface area contributed by atoms with Gasteiger partial charge >= 0.3 is 6.16 Å². The lowest BCUT2D eigenvalue weighted by Gasteiger charge is -2.24. The molecule has 7 heteroatoms. The summed E-state index contributed by atoms with van der Waals surface area (Å²) in [6.45, 7) is 3.81. The standard InChI is InChI=1S/C10H20O7/c1-7(13)4-10(2,3)17-16-9(14)15-8(5-11)6-12/h7-8,11-13H,4-6H2,1-3H3. The molecule has 1 atom stereocenters. The molecule has 0 fully saturated rings. The molecule has 7 nitrogen and oxygen atoms in total. The minimum absolute atomic E-state index is 0.268. The van der Waals surface area contributed by atoms with E-state index in [1.807, 2.05) is 0 Å². The molecule has 1 unspecified atom stereocenters. The van der Waals surface area contributed by atoms with E-state index >= 15 is 0 Å². The highest BCUT2D eigenvalue weighted by Gasteiger charge is 2.25. The number of hydrogen-bond acceptors (Lipinski definition) is 7. The van der Waals surface area contributed by atoms with Gasteiger partial charge < -0.3 is 20.1 Å². The largest absolute Gasteiger partial charge is 0.540 e. The first kappa shape index (κ1) is 16.1. The van der Waals surface area contributed by atoms with Crippen LogP contribution in [0.3, 0.4) is 0 Å². The molecule has 0 aliphatic carbocycles. The Hall–Kier alpha value is -0.890. The lowest BCUT2D eigenvalue weighted by Crippen LogP contribution is -2.32. The van der Waals surface area contributed by atoms with E-state index in [0.717, 1.165) is 0 Å². The molecule has 0 aromatic heterocycles. The predicted octanol–water partition coefficient (Wildman–Crippen LogP) is -0.0261. The summed E-state index contributed by atoms with van der Waals surface area (Å²) in [5, 5.41) is 26.5. The molecule has 0 amide bonds. The molecule has 0 spiro atoms. The highest BCUT2D eigenvalue weighted by Crippen LogP contribution is 2.17. The number of hydrogen-bond donors (Lipinski definition) is 3. The third kappa shape index (κ3) is 7.92. The van der Waals surface area contributed by atoms with Crippen LogP contribution in [0.1, 0.15) is 27.2 Å². The van der Waals surface area contributed by atoms with Crippen LogP contribution >= 0.6 is 0 Å². The lowest BCUT2D eigenvalue weighted by atomic mass is 10.0. The molecular weight excluding hydrogens is 232 g/mol. The van der Waals surface area contributed by atoms with Crippen molar-refractivity contribution in [1.29, 1.82) is 0 Å². The maximum Gasteiger partial charge on any atom is 0.540 e. The molecular formula is C10H20O7. The predicted molar refractivity (Wildman–Crippen MR) is 57.0 cm³/mol. The molecule has 0 radical (unpaired) electrons. The Morgan fingerprint density at radius 3 is 2.24 bits per heavy atom. The Bertz CT molecular complexity index is 223. The van der Waals surface area contributed by atoms with Gasteiger partial charge in [0.05, 0.1) is 19.3 Å². The fourth-order valence-electron chi connectivity index (χ4n) is 1.18. The maximum atomic E-state index is 11.0. The molecule has 3 N–H and O–H groups in total. The minimum Gasteiger partial charge on any atom is -0.424 e. The summed E-state index contributed by atoms with van der Waals surface area (Å²) in [7, 11) is 0. The molecule has 0 saturated heterocycles.